The fourth-order valence-electron chi connectivity index (χ4n) is 8.12. The first kappa shape index (κ1) is 29.5. The monoisotopic (exact) mass is 781 g/mol. The molecule has 2 N–H and O–H groups in total. The van der Waals surface area contributed by atoms with Crippen molar-refractivity contribution in [2.75, 3.05) is 20.1 Å². The van der Waals surface area contributed by atoms with Crippen molar-refractivity contribution >= 4 is 12.0 Å². The number of likely N-dealkylation sites (tertiary alicyclic amines) is 1. The van der Waals surface area contributed by atoms with Crippen LogP contribution in [0.5, 0.6) is 11.5 Å². The second-order valence-electron chi connectivity index (χ2n) is 12.3. The van der Waals surface area contributed by atoms with Crippen LogP contribution in [-0.2, 0) is 22.8 Å². The Bertz CT molecular complexity index is 1410. The van der Waals surface area contributed by atoms with Crippen LogP contribution in [0.25, 0.3) is 6.08 Å². The normalized spacial score (nSPS) is 31.8. The predicted octanol–water partition coefficient (Wildman–Crippen LogP) is 4.52. The summed E-state index contributed by atoms with van der Waals surface area (Å²) in [4.78, 5) is 17.4. The summed E-state index contributed by atoms with van der Waals surface area (Å²) in [6.07, 6.45) is 2.51. The van der Waals surface area contributed by atoms with Crippen LogP contribution in [0.1, 0.15) is 54.4 Å². The van der Waals surface area contributed by atoms with E-state index in [0.717, 1.165) is 36.3 Å². The average molecular weight is 782 g/mol. The SMILES string of the molecule is CN(C(=O)/C=C/c1cccc(C(F)(F)F)c1)C1CCC2(O)[C@@H]3Cc4ccc(O)c5c4[C@@]2(CCN3CC2CC2)C1O5.[Ac]. The van der Waals surface area contributed by atoms with Gasteiger partial charge in [-0.1, -0.05) is 18.2 Å². The Labute approximate surface area is 273 Å². The van der Waals surface area contributed by atoms with Gasteiger partial charge in [-0.15, -0.1) is 0 Å². The van der Waals surface area contributed by atoms with Crippen molar-refractivity contribution in [3.8, 4) is 11.5 Å². The van der Waals surface area contributed by atoms with Gasteiger partial charge in [0.2, 0.25) is 5.91 Å². The Kier molecular flexibility index (Phi) is 7.37. The summed E-state index contributed by atoms with van der Waals surface area (Å²) in [6, 6.07) is 8.03. The summed E-state index contributed by atoms with van der Waals surface area (Å²) in [7, 11) is 1.68. The number of carbonyl (C=O) groups is 1. The largest absolute Gasteiger partial charge is 0.504 e. The third-order valence-electron chi connectivity index (χ3n) is 10.2. The van der Waals surface area contributed by atoms with E-state index < -0.39 is 28.9 Å². The maximum absolute atomic E-state index is 13.4. The number of amides is 1. The molecule has 1 amide bonds. The van der Waals surface area contributed by atoms with Crippen LogP contribution in [0.2, 0.25) is 0 Å². The van der Waals surface area contributed by atoms with E-state index in [1.807, 2.05) is 6.07 Å². The molecule has 0 aromatic heterocycles. The maximum atomic E-state index is 13.4. The summed E-state index contributed by atoms with van der Waals surface area (Å²) in [6.45, 7) is 1.80. The number of rotatable bonds is 5. The van der Waals surface area contributed by atoms with Gasteiger partial charge in [0.15, 0.2) is 11.5 Å². The van der Waals surface area contributed by atoms with Crippen LogP contribution < -0.4 is 4.74 Å². The van der Waals surface area contributed by atoms with Gasteiger partial charge in [0.25, 0.3) is 0 Å². The van der Waals surface area contributed by atoms with Gasteiger partial charge in [0.1, 0.15) is 6.10 Å². The van der Waals surface area contributed by atoms with Crippen molar-refractivity contribution in [2.45, 2.75) is 73.9 Å². The number of aromatic hydroxyl groups is 1. The number of phenolic OH excluding ortho intramolecular Hbond substituents is 1. The van der Waals surface area contributed by atoms with Crippen molar-refractivity contribution in [3.05, 3.63) is 64.7 Å². The number of benzene rings is 2. The first-order valence-electron chi connectivity index (χ1n) is 14.1. The van der Waals surface area contributed by atoms with Crippen molar-refractivity contribution in [3.63, 3.8) is 0 Å². The standard InChI is InChI=1S/C31H33F3N2O4.Ac/c1-35(25(38)10-7-18-3-2-4-21(15-18)31(32,33)34)22-11-12-30(39)24-16-20-8-9-23(37)27-26(20)29(30,28(22)40-27)13-14-36(24)17-19-5-6-19;/h2-4,7-10,15,19,22,24,28,37,39H,5-6,11-14,16-17H2,1H3;/b10-7+;/t22?,24-,28?,29-,30?;/m0./s1. The molecular formula is C31H33AcF3N2O4. The Morgan fingerprint density at radius 3 is 2.71 bits per heavy atom. The number of phenols is 1. The Balaban J connectivity index is 0.00000302. The number of alkyl halides is 3. The van der Waals surface area contributed by atoms with Crippen molar-refractivity contribution in [1.29, 1.82) is 0 Å². The molecule has 2 aliphatic heterocycles. The van der Waals surface area contributed by atoms with E-state index >= 15 is 0 Å². The van der Waals surface area contributed by atoms with E-state index in [0.29, 0.717) is 37.4 Å². The first-order valence-corrected chi connectivity index (χ1v) is 14.1. The minimum absolute atomic E-state index is 0. The van der Waals surface area contributed by atoms with Crippen LogP contribution in [0.3, 0.4) is 0 Å². The van der Waals surface area contributed by atoms with E-state index in [1.54, 1.807) is 18.0 Å². The molecular weight excluding hydrogens is 748 g/mol. The minimum atomic E-state index is -4.46. The molecule has 3 aliphatic carbocycles. The van der Waals surface area contributed by atoms with Gasteiger partial charge in [-0.05, 0) is 86.4 Å². The molecule has 41 heavy (non-hydrogen) atoms. The van der Waals surface area contributed by atoms with Gasteiger partial charge in [-0.3, -0.25) is 9.69 Å². The number of carbonyl (C=O) groups excluding carboxylic acids is 1. The molecule has 1 spiro atoms. The summed E-state index contributed by atoms with van der Waals surface area (Å²) < 4.78 is 45.9. The second-order valence-corrected chi connectivity index (χ2v) is 12.3. The van der Waals surface area contributed by atoms with Gasteiger partial charge in [-0.25, -0.2) is 0 Å². The molecule has 1 saturated heterocycles. The molecule has 10 heteroatoms. The predicted molar refractivity (Wildman–Crippen MR) is 142 cm³/mol. The Hall–Kier alpha value is -1.60. The van der Waals surface area contributed by atoms with E-state index in [9.17, 15) is 28.2 Å². The number of ether oxygens (including phenoxy) is 1. The topological polar surface area (TPSA) is 73.2 Å². The van der Waals surface area contributed by atoms with Crippen LogP contribution in [-0.4, -0.2) is 69.8 Å². The van der Waals surface area contributed by atoms with E-state index in [4.69, 9.17) is 4.74 Å². The molecule has 3 unspecified atom stereocenters. The number of aliphatic hydroxyl groups is 1. The fraction of sp³-hybridized carbons (Fsp3) is 0.516. The number of halogens is 3. The third kappa shape index (κ3) is 4.49. The summed E-state index contributed by atoms with van der Waals surface area (Å²) in [5, 5.41) is 23.4. The van der Waals surface area contributed by atoms with Gasteiger partial charge in [0.05, 0.1) is 22.6 Å². The molecule has 3 fully saturated rings. The quantitative estimate of drug-likeness (QED) is 0.438. The van der Waals surface area contributed by atoms with Crippen LogP contribution in [0.15, 0.2) is 42.5 Å². The Morgan fingerprint density at radius 1 is 1.20 bits per heavy atom. The van der Waals surface area contributed by atoms with Crippen molar-refractivity contribution in [1.82, 2.24) is 9.80 Å². The molecule has 6 nitrogen and oxygen atoms in total. The van der Waals surface area contributed by atoms with Gasteiger partial charge in [-0.2, -0.15) is 13.2 Å². The number of likely N-dealkylation sites (N-methyl/N-ethyl adjacent to an activating group) is 1. The van der Waals surface area contributed by atoms with E-state index in [1.165, 1.54) is 37.1 Å². The first-order chi connectivity index (χ1) is 19.0. The molecule has 5 aliphatic rings. The zero-order valence-corrected chi connectivity index (χ0v) is 27.6. The Morgan fingerprint density at radius 2 is 1.98 bits per heavy atom. The van der Waals surface area contributed by atoms with Crippen molar-refractivity contribution < 1.29 is 77.0 Å². The third-order valence-corrected chi connectivity index (χ3v) is 10.2. The van der Waals surface area contributed by atoms with Crippen LogP contribution in [0.4, 0.5) is 13.2 Å². The molecule has 2 saturated carbocycles. The number of hydrogen-bond donors (Lipinski definition) is 2. The van der Waals surface area contributed by atoms with E-state index in [-0.39, 0.29) is 73.4 Å². The van der Waals surface area contributed by atoms with Crippen LogP contribution >= 0.6 is 0 Å². The van der Waals surface area contributed by atoms with Gasteiger partial charge in [0, 0.05) is 75.3 Å². The molecule has 2 aromatic rings. The summed E-state index contributed by atoms with van der Waals surface area (Å²) in [5.41, 5.74) is -0.303. The average Bonchev–Trinajstić information content (AvgIpc) is 3.66. The zero-order valence-electron chi connectivity index (χ0n) is 22.9. The summed E-state index contributed by atoms with van der Waals surface area (Å²) >= 11 is 0. The van der Waals surface area contributed by atoms with Gasteiger partial charge >= 0.3 is 6.18 Å². The van der Waals surface area contributed by atoms with Crippen molar-refractivity contribution in [2.24, 2.45) is 5.92 Å². The molecule has 5 atom stereocenters. The maximum Gasteiger partial charge on any atom is 0.416 e. The van der Waals surface area contributed by atoms with Crippen LogP contribution in [0, 0.1) is 50.0 Å². The zero-order chi connectivity index (χ0) is 28.0. The summed E-state index contributed by atoms with van der Waals surface area (Å²) in [5.74, 6) is 0.795. The number of nitrogens with zero attached hydrogens (tertiary/aromatic N) is 2. The fourth-order valence-corrected chi connectivity index (χ4v) is 8.12. The number of hydrogen-bond acceptors (Lipinski definition) is 5. The molecule has 2 heterocycles. The minimum Gasteiger partial charge on any atom is -0.504 e. The number of piperidine rings is 1. The molecule has 2 bridgehead atoms. The van der Waals surface area contributed by atoms with Gasteiger partial charge < -0.3 is 19.8 Å². The molecule has 215 valence electrons. The second kappa shape index (κ2) is 10.2. The smallest absolute Gasteiger partial charge is 0.416 e. The molecule has 7 rings (SSSR count). The van der Waals surface area contributed by atoms with E-state index in [2.05, 4.69) is 4.90 Å². The molecule has 2 aromatic carbocycles. The molecule has 1 radical (unpaired) electrons.